The van der Waals surface area contributed by atoms with Crippen LogP contribution < -0.4 is 5.73 Å². The summed E-state index contributed by atoms with van der Waals surface area (Å²) < 4.78 is 49.2. The van der Waals surface area contributed by atoms with E-state index >= 15 is 0 Å². The number of carbonyl (C=O) groups excluding carboxylic acids is 1. The van der Waals surface area contributed by atoms with Crippen LogP contribution in [0.25, 0.3) is 0 Å². The second kappa shape index (κ2) is 3.60. The van der Waals surface area contributed by atoms with E-state index in [1.807, 2.05) is 0 Å². The van der Waals surface area contributed by atoms with Crippen LogP contribution in [0.5, 0.6) is 0 Å². The SMILES string of the molecule is NC(=O)c1nc(F)c(F)cc1C(F)F. The van der Waals surface area contributed by atoms with Gasteiger partial charge in [-0.1, -0.05) is 0 Å². The zero-order chi connectivity index (χ0) is 10.9. The first-order valence-electron chi connectivity index (χ1n) is 3.37. The Labute approximate surface area is 75.5 Å². The van der Waals surface area contributed by atoms with Gasteiger partial charge in [0.25, 0.3) is 12.3 Å². The molecule has 0 bridgehead atoms. The quantitative estimate of drug-likeness (QED) is 0.589. The molecular formula is C7H4F4N2O. The minimum Gasteiger partial charge on any atom is -0.364 e. The maximum Gasteiger partial charge on any atom is 0.267 e. The third-order valence-corrected chi connectivity index (χ3v) is 1.43. The van der Waals surface area contributed by atoms with Crippen LogP contribution in [0.3, 0.4) is 0 Å². The smallest absolute Gasteiger partial charge is 0.267 e. The van der Waals surface area contributed by atoms with Gasteiger partial charge in [-0.25, -0.2) is 18.2 Å². The van der Waals surface area contributed by atoms with Crippen molar-refractivity contribution in [3.63, 3.8) is 0 Å². The molecule has 0 unspecified atom stereocenters. The molecule has 1 heterocycles. The summed E-state index contributed by atoms with van der Waals surface area (Å²) in [4.78, 5) is 13.2. The van der Waals surface area contributed by atoms with E-state index in [0.717, 1.165) is 0 Å². The lowest BCUT2D eigenvalue weighted by atomic mass is 10.2. The first kappa shape index (κ1) is 10.4. The number of alkyl halides is 2. The van der Waals surface area contributed by atoms with E-state index in [2.05, 4.69) is 10.7 Å². The van der Waals surface area contributed by atoms with E-state index in [0.29, 0.717) is 0 Å². The van der Waals surface area contributed by atoms with Crippen molar-refractivity contribution in [1.29, 1.82) is 0 Å². The molecule has 1 amide bonds. The minimum atomic E-state index is -3.14. The first-order valence-corrected chi connectivity index (χ1v) is 3.37. The summed E-state index contributed by atoms with van der Waals surface area (Å²) in [6.07, 6.45) is -3.14. The number of primary amides is 1. The number of halogens is 4. The molecule has 1 aromatic rings. The highest BCUT2D eigenvalue weighted by atomic mass is 19.3. The van der Waals surface area contributed by atoms with E-state index in [-0.39, 0.29) is 6.07 Å². The molecule has 0 aliphatic rings. The van der Waals surface area contributed by atoms with Gasteiger partial charge in [-0.05, 0) is 6.07 Å². The number of pyridine rings is 1. The average molecular weight is 208 g/mol. The van der Waals surface area contributed by atoms with Crippen molar-refractivity contribution in [3.8, 4) is 0 Å². The molecule has 0 fully saturated rings. The highest BCUT2D eigenvalue weighted by molar-refractivity contribution is 5.92. The van der Waals surface area contributed by atoms with E-state index in [1.54, 1.807) is 0 Å². The molecule has 3 nitrogen and oxygen atoms in total. The van der Waals surface area contributed by atoms with Gasteiger partial charge in [-0.2, -0.15) is 4.39 Å². The zero-order valence-corrected chi connectivity index (χ0v) is 6.60. The summed E-state index contributed by atoms with van der Waals surface area (Å²) in [5, 5.41) is 0. The molecule has 0 spiro atoms. The minimum absolute atomic E-state index is 0.201. The standard InChI is InChI=1S/C7H4F4N2O/c8-3-1-2(5(9)10)4(7(12)14)13-6(3)11/h1,5H,(H2,12,14). The van der Waals surface area contributed by atoms with Gasteiger partial charge in [0.05, 0.1) is 5.56 Å². The number of amides is 1. The van der Waals surface area contributed by atoms with Crippen molar-refractivity contribution in [2.45, 2.75) is 6.43 Å². The molecule has 0 atom stereocenters. The number of nitrogens with zero attached hydrogens (tertiary/aromatic N) is 1. The maximum absolute atomic E-state index is 12.5. The fourth-order valence-corrected chi connectivity index (χ4v) is 0.844. The fraction of sp³-hybridized carbons (Fsp3) is 0.143. The van der Waals surface area contributed by atoms with Crippen LogP contribution in [0, 0.1) is 11.8 Å². The summed E-state index contributed by atoms with van der Waals surface area (Å²) in [5.74, 6) is -4.52. The second-order valence-electron chi connectivity index (χ2n) is 2.36. The predicted molar refractivity (Wildman–Crippen MR) is 37.6 cm³/mol. The van der Waals surface area contributed by atoms with Crippen LogP contribution in [0.4, 0.5) is 17.6 Å². The fourth-order valence-electron chi connectivity index (χ4n) is 0.844. The average Bonchev–Trinajstić information content (AvgIpc) is 2.08. The van der Waals surface area contributed by atoms with Crippen LogP contribution in [-0.4, -0.2) is 10.9 Å². The zero-order valence-electron chi connectivity index (χ0n) is 6.60. The highest BCUT2D eigenvalue weighted by Gasteiger charge is 2.21. The Balaban J connectivity index is 3.39. The molecule has 7 heteroatoms. The molecule has 0 aliphatic heterocycles. The monoisotopic (exact) mass is 208 g/mol. The van der Waals surface area contributed by atoms with E-state index in [4.69, 9.17) is 0 Å². The maximum atomic E-state index is 12.5. The summed E-state index contributed by atoms with van der Waals surface area (Å²) in [5.41, 5.74) is 2.67. The molecule has 76 valence electrons. The van der Waals surface area contributed by atoms with Crippen LogP contribution in [0.15, 0.2) is 6.07 Å². The van der Waals surface area contributed by atoms with Crippen LogP contribution in [0.1, 0.15) is 22.5 Å². The van der Waals surface area contributed by atoms with Crippen molar-refractivity contribution in [2.24, 2.45) is 5.73 Å². The summed E-state index contributed by atoms with van der Waals surface area (Å²) >= 11 is 0. The highest BCUT2D eigenvalue weighted by Crippen LogP contribution is 2.23. The summed E-state index contributed by atoms with van der Waals surface area (Å²) in [6.45, 7) is 0. The number of rotatable bonds is 2. The molecule has 1 aromatic heterocycles. The van der Waals surface area contributed by atoms with Crippen molar-refractivity contribution in [2.75, 3.05) is 0 Å². The van der Waals surface area contributed by atoms with E-state index in [1.165, 1.54) is 0 Å². The molecule has 2 N–H and O–H groups in total. The Morgan fingerprint density at radius 3 is 2.43 bits per heavy atom. The number of hydrogen-bond acceptors (Lipinski definition) is 2. The molecule has 0 saturated carbocycles. The molecule has 1 rings (SSSR count). The third kappa shape index (κ3) is 1.81. The van der Waals surface area contributed by atoms with E-state index < -0.39 is 35.4 Å². The van der Waals surface area contributed by atoms with Gasteiger partial charge in [0.2, 0.25) is 5.95 Å². The lowest BCUT2D eigenvalue weighted by molar-refractivity contribution is 0.0977. The van der Waals surface area contributed by atoms with Gasteiger partial charge in [0.15, 0.2) is 5.82 Å². The van der Waals surface area contributed by atoms with Gasteiger partial charge >= 0.3 is 0 Å². The number of aromatic nitrogens is 1. The number of nitrogens with two attached hydrogens (primary N) is 1. The van der Waals surface area contributed by atoms with Crippen molar-refractivity contribution < 1.29 is 22.4 Å². The lowest BCUT2D eigenvalue weighted by Gasteiger charge is -2.04. The Morgan fingerprint density at radius 2 is 2.00 bits per heavy atom. The van der Waals surface area contributed by atoms with E-state index in [9.17, 15) is 22.4 Å². The largest absolute Gasteiger partial charge is 0.364 e. The molecule has 14 heavy (non-hydrogen) atoms. The Kier molecular flexibility index (Phi) is 2.68. The molecule has 0 aromatic carbocycles. The molecule has 0 radical (unpaired) electrons. The van der Waals surface area contributed by atoms with Crippen LogP contribution in [-0.2, 0) is 0 Å². The third-order valence-electron chi connectivity index (χ3n) is 1.43. The molecule has 0 aliphatic carbocycles. The van der Waals surface area contributed by atoms with Gasteiger partial charge in [0.1, 0.15) is 5.69 Å². The Morgan fingerprint density at radius 1 is 1.43 bits per heavy atom. The van der Waals surface area contributed by atoms with Gasteiger partial charge < -0.3 is 5.73 Å². The number of carbonyl (C=O) groups is 1. The van der Waals surface area contributed by atoms with Gasteiger partial charge in [-0.15, -0.1) is 0 Å². The summed E-state index contributed by atoms with van der Waals surface area (Å²) in [6, 6.07) is 0.201. The first-order chi connectivity index (χ1) is 6.43. The molecular weight excluding hydrogens is 204 g/mol. The van der Waals surface area contributed by atoms with Crippen molar-refractivity contribution in [1.82, 2.24) is 4.98 Å². The van der Waals surface area contributed by atoms with Crippen molar-refractivity contribution in [3.05, 3.63) is 29.1 Å². The van der Waals surface area contributed by atoms with Crippen LogP contribution in [0.2, 0.25) is 0 Å². The Hall–Kier alpha value is -1.66. The topological polar surface area (TPSA) is 56.0 Å². The molecule has 0 saturated heterocycles. The predicted octanol–water partition coefficient (Wildman–Crippen LogP) is 1.40. The normalized spacial score (nSPS) is 10.6. The number of hydrogen-bond donors (Lipinski definition) is 1. The van der Waals surface area contributed by atoms with Crippen molar-refractivity contribution >= 4 is 5.91 Å². The van der Waals surface area contributed by atoms with Gasteiger partial charge in [-0.3, -0.25) is 4.79 Å². The van der Waals surface area contributed by atoms with Crippen LogP contribution >= 0.6 is 0 Å². The lowest BCUT2D eigenvalue weighted by Crippen LogP contribution is -2.17. The Bertz CT molecular complexity index is 380. The van der Waals surface area contributed by atoms with Gasteiger partial charge in [0, 0.05) is 0 Å². The second-order valence-corrected chi connectivity index (χ2v) is 2.36. The summed E-state index contributed by atoms with van der Waals surface area (Å²) in [7, 11) is 0.